The lowest BCUT2D eigenvalue weighted by atomic mass is 10.1. The van der Waals surface area contributed by atoms with E-state index in [1.165, 1.54) is 5.56 Å². The Morgan fingerprint density at radius 1 is 1.31 bits per heavy atom. The molecule has 3 N–H and O–H groups in total. The lowest BCUT2D eigenvalue weighted by Gasteiger charge is -2.02. The maximum Gasteiger partial charge on any atom is 0.197 e. The van der Waals surface area contributed by atoms with Crippen LogP contribution in [0.4, 0.5) is 5.95 Å². The first-order valence-corrected chi connectivity index (χ1v) is 5.18. The van der Waals surface area contributed by atoms with Crippen LogP contribution in [0.2, 0.25) is 0 Å². The monoisotopic (exact) mass is 217 g/mol. The summed E-state index contributed by atoms with van der Waals surface area (Å²) >= 11 is 0. The van der Waals surface area contributed by atoms with E-state index in [4.69, 9.17) is 10.5 Å². The van der Waals surface area contributed by atoms with E-state index in [9.17, 15) is 0 Å². The molecule has 0 aliphatic rings. The molecule has 1 aromatic heterocycles. The van der Waals surface area contributed by atoms with E-state index in [0.29, 0.717) is 5.95 Å². The minimum absolute atomic E-state index is 0.443. The van der Waals surface area contributed by atoms with Gasteiger partial charge in [-0.3, -0.25) is 0 Å². The Morgan fingerprint density at radius 2 is 2.06 bits per heavy atom. The highest BCUT2D eigenvalue weighted by Gasteiger charge is 2.00. The van der Waals surface area contributed by atoms with Crippen molar-refractivity contribution in [2.75, 3.05) is 19.5 Å². The van der Waals surface area contributed by atoms with E-state index < -0.39 is 0 Å². The summed E-state index contributed by atoms with van der Waals surface area (Å²) in [4.78, 5) is 6.96. The Hall–Kier alpha value is -1.81. The summed E-state index contributed by atoms with van der Waals surface area (Å²) in [5.41, 5.74) is 8.82. The van der Waals surface area contributed by atoms with Crippen LogP contribution in [-0.2, 0) is 11.2 Å². The summed E-state index contributed by atoms with van der Waals surface area (Å²) in [6.45, 7) is 0.746. The molecule has 0 saturated carbocycles. The predicted octanol–water partition coefficient (Wildman–Crippen LogP) is 1.85. The summed E-state index contributed by atoms with van der Waals surface area (Å²) in [5, 5.41) is 0. The summed E-state index contributed by atoms with van der Waals surface area (Å²) < 4.78 is 5.03. The number of methoxy groups -OCH3 is 1. The number of rotatable bonds is 4. The van der Waals surface area contributed by atoms with Crippen LogP contribution in [0.15, 0.2) is 30.5 Å². The van der Waals surface area contributed by atoms with Gasteiger partial charge in [-0.2, -0.15) is 0 Å². The molecule has 4 nitrogen and oxygen atoms in total. The molecule has 0 bridgehead atoms. The second kappa shape index (κ2) is 4.81. The number of aromatic nitrogens is 2. The minimum Gasteiger partial charge on any atom is -0.384 e. The topological polar surface area (TPSA) is 63.9 Å². The van der Waals surface area contributed by atoms with Crippen molar-refractivity contribution >= 4 is 5.95 Å². The summed E-state index contributed by atoms with van der Waals surface area (Å²) in [7, 11) is 1.71. The Labute approximate surface area is 94.5 Å². The smallest absolute Gasteiger partial charge is 0.197 e. The number of hydrogen-bond donors (Lipinski definition) is 2. The predicted molar refractivity (Wildman–Crippen MR) is 64.0 cm³/mol. The number of nitrogen functional groups attached to an aromatic ring is 1. The van der Waals surface area contributed by atoms with Crippen molar-refractivity contribution in [1.82, 2.24) is 9.97 Å². The summed E-state index contributed by atoms with van der Waals surface area (Å²) in [5.74, 6) is 0.443. The molecule has 1 aromatic carbocycles. The standard InChI is InChI=1S/C12H15N3O/c1-16-7-6-9-2-4-10(5-3-9)11-8-14-12(13)15-11/h2-5,8H,6-7H2,1H3,(H3,13,14,15). The highest BCUT2D eigenvalue weighted by Crippen LogP contribution is 2.18. The molecule has 84 valence electrons. The molecule has 0 amide bonds. The quantitative estimate of drug-likeness (QED) is 0.821. The number of anilines is 1. The lowest BCUT2D eigenvalue weighted by molar-refractivity contribution is 0.202. The van der Waals surface area contributed by atoms with Crippen LogP contribution in [0.1, 0.15) is 5.56 Å². The number of nitrogens with zero attached hydrogens (tertiary/aromatic N) is 1. The molecule has 0 fully saturated rings. The Balaban J connectivity index is 2.13. The maximum atomic E-state index is 5.53. The molecule has 0 atom stereocenters. The van der Waals surface area contributed by atoms with Crippen LogP contribution in [0, 0.1) is 0 Å². The molecule has 0 saturated heterocycles. The molecule has 0 spiro atoms. The summed E-state index contributed by atoms with van der Waals surface area (Å²) in [6, 6.07) is 8.28. The minimum atomic E-state index is 0.443. The SMILES string of the molecule is COCCc1ccc(-c2cnc(N)[nH]2)cc1. The van der Waals surface area contributed by atoms with Gasteiger partial charge in [0.2, 0.25) is 0 Å². The van der Waals surface area contributed by atoms with Crippen LogP contribution < -0.4 is 5.73 Å². The van der Waals surface area contributed by atoms with Gasteiger partial charge in [-0.05, 0) is 17.5 Å². The molecule has 1 heterocycles. The van der Waals surface area contributed by atoms with Crippen LogP contribution in [0.3, 0.4) is 0 Å². The van der Waals surface area contributed by atoms with Crippen molar-refractivity contribution < 1.29 is 4.74 Å². The molecule has 4 heteroatoms. The normalized spacial score (nSPS) is 10.6. The largest absolute Gasteiger partial charge is 0.384 e. The van der Waals surface area contributed by atoms with E-state index in [1.54, 1.807) is 13.3 Å². The molecule has 0 aliphatic heterocycles. The Morgan fingerprint density at radius 3 is 2.62 bits per heavy atom. The molecule has 2 rings (SSSR count). The van der Waals surface area contributed by atoms with Crippen LogP contribution in [0.25, 0.3) is 11.3 Å². The Kier molecular flexibility index (Phi) is 3.22. The molecular weight excluding hydrogens is 202 g/mol. The Bertz CT molecular complexity index is 448. The van der Waals surface area contributed by atoms with Crippen molar-refractivity contribution in [3.63, 3.8) is 0 Å². The second-order valence-electron chi connectivity index (χ2n) is 3.62. The average Bonchev–Trinajstić information content (AvgIpc) is 2.74. The van der Waals surface area contributed by atoms with Gasteiger partial charge in [0.25, 0.3) is 0 Å². The van der Waals surface area contributed by atoms with Crippen molar-refractivity contribution in [3.8, 4) is 11.3 Å². The van der Waals surface area contributed by atoms with Gasteiger partial charge in [-0.15, -0.1) is 0 Å². The fraction of sp³-hybridized carbons (Fsp3) is 0.250. The molecule has 16 heavy (non-hydrogen) atoms. The highest BCUT2D eigenvalue weighted by atomic mass is 16.5. The third-order valence-electron chi connectivity index (χ3n) is 2.46. The van der Waals surface area contributed by atoms with Gasteiger partial charge in [0.15, 0.2) is 5.95 Å². The maximum absolute atomic E-state index is 5.53. The van der Waals surface area contributed by atoms with Gasteiger partial charge in [0, 0.05) is 7.11 Å². The zero-order valence-corrected chi connectivity index (χ0v) is 9.23. The van der Waals surface area contributed by atoms with Crippen molar-refractivity contribution in [1.29, 1.82) is 0 Å². The molecule has 0 radical (unpaired) electrons. The van der Waals surface area contributed by atoms with E-state index in [2.05, 4.69) is 34.2 Å². The number of nitrogens with two attached hydrogens (primary N) is 1. The van der Waals surface area contributed by atoms with Gasteiger partial charge >= 0.3 is 0 Å². The fourth-order valence-corrected chi connectivity index (χ4v) is 1.55. The lowest BCUT2D eigenvalue weighted by Crippen LogP contribution is -1.93. The number of ether oxygens (including phenoxy) is 1. The second-order valence-corrected chi connectivity index (χ2v) is 3.62. The first-order valence-electron chi connectivity index (χ1n) is 5.18. The van der Waals surface area contributed by atoms with Crippen LogP contribution >= 0.6 is 0 Å². The molecule has 0 aliphatic carbocycles. The molecule has 2 aromatic rings. The number of hydrogen-bond acceptors (Lipinski definition) is 3. The number of aromatic amines is 1. The molecule has 0 unspecified atom stereocenters. The number of benzene rings is 1. The van der Waals surface area contributed by atoms with Gasteiger partial charge in [0.05, 0.1) is 18.5 Å². The third-order valence-corrected chi connectivity index (χ3v) is 2.46. The van der Waals surface area contributed by atoms with Gasteiger partial charge in [0.1, 0.15) is 0 Å². The van der Waals surface area contributed by atoms with Crippen molar-refractivity contribution in [2.24, 2.45) is 0 Å². The number of nitrogens with one attached hydrogen (secondary N) is 1. The van der Waals surface area contributed by atoms with E-state index in [-0.39, 0.29) is 0 Å². The zero-order valence-electron chi connectivity index (χ0n) is 9.23. The summed E-state index contributed by atoms with van der Waals surface area (Å²) in [6.07, 6.45) is 2.67. The first kappa shape index (κ1) is 10.7. The van der Waals surface area contributed by atoms with Crippen LogP contribution in [-0.4, -0.2) is 23.7 Å². The van der Waals surface area contributed by atoms with Gasteiger partial charge in [-0.25, -0.2) is 4.98 Å². The number of H-pyrrole nitrogens is 1. The van der Waals surface area contributed by atoms with Gasteiger partial charge in [-0.1, -0.05) is 24.3 Å². The van der Waals surface area contributed by atoms with Crippen molar-refractivity contribution in [2.45, 2.75) is 6.42 Å². The first-order chi connectivity index (χ1) is 7.79. The average molecular weight is 217 g/mol. The number of imidazole rings is 1. The van der Waals surface area contributed by atoms with E-state index >= 15 is 0 Å². The van der Waals surface area contributed by atoms with Crippen LogP contribution in [0.5, 0.6) is 0 Å². The van der Waals surface area contributed by atoms with Gasteiger partial charge < -0.3 is 15.5 Å². The fourth-order valence-electron chi connectivity index (χ4n) is 1.55. The van der Waals surface area contributed by atoms with E-state index in [0.717, 1.165) is 24.3 Å². The molecular formula is C12H15N3O. The van der Waals surface area contributed by atoms with E-state index in [1.807, 2.05) is 0 Å². The van der Waals surface area contributed by atoms with Crippen molar-refractivity contribution in [3.05, 3.63) is 36.0 Å². The zero-order chi connectivity index (χ0) is 11.4. The third kappa shape index (κ3) is 2.41. The highest BCUT2D eigenvalue weighted by molar-refractivity contribution is 5.60.